The molecule has 108 valence electrons. The molecular weight excluding hydrogens is 246 g/mol. The van der Waals surface area contributed by atoms with Crippen LogP contribution in [0.2, 0.25) is 0 Å². The molecule has 2 saturated heterocycles. The molecule has 0 aromatic rings. The van der Waals surface area contributed by atoms with E-state index in [2.05, 4.69) is 10.2 Å². The number of hydrogen-bond acceptors (Lipinski definition) is 4. The Kier molecular flexibility index (Phi) is 5.15. The Morgan fingerprint density at radius 1 is 1.11 bits per heavy atom. The highest BCUT2D eigenvalue weighted by molar-refractivity contribution is 5.85. The number of amides is 1. The molecule has 0 bridgehead atoms. The van der Waals surface area contributed by atoms with E-state index in [0.717, 1.165) is 45.4 Å². The summed E-state index contributed by atoms with van der Waals surface area (Å²) in [6, 6.07) is -0.619. The van der Waals surface area contributed by atoms with Crippen LogP contribution in [0.1, 0.15) is 25.7 Å². The summed E-state index contributed by atoms with van der Waals surface area (Å²) in [5.74, 6) is -0.903. The van der Waals surface area contributed by atoms with Crippen molar-refractivity contribution in [2.45, 2.75) is 31.7 Å². The second-order valence-corrected chi connectivity index (χ2v) is 5.32. The SMILES string of the molecule is O=C(O)C1CCCCN1C(=O)CN1CCCNCC1. The van der Waals surface area contributed by atoms with Crippen LogP contribution >= 0.6 is 0 Å². The Hall–Kier alpha value is -1.14. The third kappa shape index (κ3) is 3.91. The van der Waals surface area contributed by atoms with Gasteiger partial charge in [0.05, 0.1) is 6.54 Å². The lowest BCUT2D eigenvalue weighted by Gasteiger charge is -2.34. The normalized spacial score (nSPS) is 25.9. The summed E-state index contributed by atoms with van der Waals surface area (Å²) in [7, 11) is 0. The monoisotopic (exact) mass is 269 g/mol. The summed E-state index contributed by atoms with van der Waals surface area (Å²) in [6.07, 6.45) is 3.43. The summed E-state index contributed by atoms with van der Waals surface area (Å²) in [5.41, 5.74) is 0. The summed E-state index contributed by atoms with van der Waals surface area (Å²) < 4.78 is 0. The van der Waals surface area contributed by atoms with Gasteiger partial charge in [0, 0.05) is 19.6 Å². The molecule has 0 aliphatic carbocycles. The zero-order chi connectivity index (χ0) is 13.7. The third-order valence-electron chi connectivity index (χ3n) is 3.90. The first kappa shape index (κ1) is 14.3. The molecule has 19 heavy (non-hydrogen) atoms. The van der Waals surface area contributed by atoms with Crippen LogP contribution in [0.25, 0.3) is 0 Å². The van der Waals surface area contributed by atoms with E-state index in [1.807, 2.05) is 0 Å². The standard InChI is InChI=1S/C13H23N3O3/c17-12(10-15-7-3-5-14-6-9-15)16-8-2-1-4-11(16)13(18)19/h11,14H,1-10H2,(H,18,19). The van der Waals surface area contributed by atoms with Crippen molar-refractivity contribution < 1.29 is 14.7 Å². The predicted molar refractivity (Wildman–Crippen MR) is 70.9 cm³/mol. The number of nitrogens with zero attached hydrogens (tertiary/aromatic N) is 2. The molecule has 0 saturated carbocycles. The largest absolute Gasteiger partial charge is 0.480 e. The van der Waals surface area contributed by atoms with Crippen LogP contribution in [0.4, 0.5) is 0 Å². The van der Waals surface area contributed by atoms with Crippen molar-refractivity contribution in [1.82, 2.24) is 15.1 Å². The van der Waals surface area contributed by atoms with Gasteiger partial charge in [0.25, 0.3) is 0 Å². The average molecular weight is 269 g/mol. The Bertz CT molecular complexity index is 327. The van der Waals surface area contributed by atoms with E-state index in [0.29, 0.717) is 19.5 Å². The van der Waals surface area contributed by atoms with Crippen molar-refractivity contribution in [1.29, 1.82) is 0 Å². The number of piperidine rings is 1. The molecule has 2 N–H and O–H groups in total. The topological polar surface area (TPSA) is 72.9 Å². The van der Waals surface area contributed by atoms with Gasteiger partial charge < -0.3 is 15.3 Å². The molecule has 0 spiro atoms. The number of carboxylic acid groups (broad SMARTS) is 1. The Labute approximate surface area is 113 Å². The maximum Gasteiger partial charge on any atom is 0.326 e. The van der Waals surface area contributed by atoms with Gasteiger partial charge in [-0.15, -0.1) is 0 Å². The molecule has 1 amide bonds. The van der Waals surface area contributed by atoms with Crippen LogP contribution < -0.4 is 5.32 Å². The number of carbonyl (C=O) groups is 2. The van der Waals surface area contributed by atoms with Crippen molar-refractivity contribution in [3.63, 3.8) is 0 Å². The number of carbonyl (C=O) groups excluding carboxylic acids is 1. The van der Waals surface area contributed by atoms with Gasteiger partial charge >= 0.3 is 5.97 Å². The number of nitrogens with one attached hydrogen (secondary N) is 1. The number of hydrogen-bond donors (Lipinski definition) is 2. The molecule has 1 atom stereocenters. The third-order valence-corrected chi connectivity index (χ3v) is 3.90. The first-order chi connectivity index (χ1) is 9.18. The average Bonchev–Trinajstić information content (AvgIpc) is 2.67. The second kappa shape index (κ2) is 6.86. The molecule has 2 fully saturated rings. The summed E-state index contributed by atoms with van der Waals surface area (Å²) in [5, 5.41) is 12.5. The maximum absolute atomic E-state index is 12.3. The predicted octanol–water partition coefficient (Wildman–Crippen LogP) is -0.253. The van der Waals surface area contributed by atoms with Crippen molar-refractivity contribution in [3.05, 3.63) is 0 Å². The quantitative estimate of drug-likeness (QED) is 0.739. The molecule has 6 nitrogen and oxygen atoms in total. The van der Waals surface area contributed by atoms with E-state index >= 15 is 0 Å². The van der Waals surface area contributed by atoms with Crippen LogP contribution in [-0.2, 0) is 9.59 Å². The van der Waals surface area contributed by atoms with Gasteiger partial charge in [-0.2, -0.15) is 0 Å². The molecule has 2 rings (SSSR count). The van der Waals surface area contributed by atoms with Crippen LogP contribution in [0.3, 0.4) is 0 Å². The molecule has 6 heteroatoms. The van der Waals surface area contributed by atoms with E-state index in [1.165, 1.54) is 0 Å². The summed E-state index contributed by atoms with van der Waals surface area (Å²) >= 11 is 0. The van der Waals surface area contributed by atoms with Crippen LogP contribution in [0, 0.1) is 0 Å². The molecule has 0 aromatic carbocycles. The lowest BCUT2D eigenvalue weighted by Crippen LogP contribution is -2.51. The highest BCUT2D eigenvalue weighted by Crippen LogP contribution is 2.17. The van der Waals surface area contributed by atoms with Crippen LogP contribution in [-0.4, -0.2) is 72.1 Å². The smallest absolute Gasteiger partial charge is 0.326 e. The molecular formula is C13H23N3O3. The van der Waals surface area contributed by atoms with E-state index in [4.69, 9.17) is 0 Å². The van der Waals surface area contributed by atoms with Crippen molar-refractivity contribution in [3.8, 4) is 0 Å². The first-order valence-corrected chi connectivity index (χ1v) is 7.14. The van der Waals surface area contributed by atoms with Gasteiger partial charge in [-0.3, -0.25) is 9.69 Å². The highest BCUT2D eigenvalue weighted by atomic mass is 16.4. The lowest BCUT2D eigenvalue weighted by atomic mass is 10.0. The zero-order valence-electron chi connectivity index (χ0n) is 11.3. The fourth-order valence-corrected chi connectivity index (χ4v) is 2.83. The second-order valence-electron chi connectivity index (χ2n) is 5.32. The van der Waals surface area contributed by atoms with E-state index < -0.39 is 12.0 Å². The number of rotatable bonds is 3. The fraction of sp³-hybridized carbons (Fsp3) is 0.846. The van der Waals surface area contributed by atoms with Crippen molar-refractivity contribution in [2.75, 3.05) is 39.3 Å². The molecule has 2 heterocycles. The van der Waals surface area contributed by atoms with Crippen LogP contribution in [0.15, 0.2) is 0 Å². The van der Waals surface area contributed by atoms with Crippen LogP contribution in [0.5, 0.6) is 0 Å². The summed E-state index contributed by atoms with van der Waals surface area (Å²) in [4.78, 5) is 27.2. The summed E-state index contributed by atoms with van der Waals surface area (Å²) in [6.45, 7) is 4.59. The molecule has 2 aliphatic heterocycles. The first-order valence-electron chi connectivity index (χ1n) is 7.14. The molecule has 0 aromatic heterocycles. The van der Waals surface area contributed by atoms with E-state index in [1.54, 1.807) is 4.90 Å². The number of likely N-dealkylation sites (tertiary alicyclic amines) is 1. The minimum Gasteiger partial charge on any atom is -0.480 e. The van der Waals surface area contributed by atoms with Gasteiger partial charge in [0.2, 0.25) is 5.91 Å². The van der Waals surface area contributed by atoms with Gasteiger partial charge in [0.1, 0.15) is 6.04 Å². The van der Waals surface area contributed by atoms with Gasteiger partial charge in [-0.05, 0) is 38.8 Å². The number of carboxylic acids is 1. The minimum absolute atomic E-state index is 0.0333. The fourth-order valence-electron chi connectivity index (χ4n) is 2.83. The Morgan fingerprint density at radius 2 is 1.95 bits per heavy atom. The van der Waals surface area contributed by atoms with E-state index in [9.17, 15) is 14.7 Å². The van der Waals surface area contributed by atoms with Gasteiger partial charge in [0.15, 0.2) is 0 Å². The lowest BCUT2D eigenvalue weighted by molar-refractivity contribution is -0.152. The zero-order valence-corrected chi connectivity index (χ0v) is 11.3. The molecule has 2 aliphatic rings. The molecule has 0 radical (unpaired) electrons. The van der Waals surface area contributed by atoms with E-state index in [-0.39, 0.29) is 5.91 Å². The van der Waals surface area contributed by atoms with Crippen molar-refractivity contribution in [2.24, 2.45) is 0 Å². The number of aliphatic carboxylic acids is 1. The Balaban J connectivity index is 1.91. The Morgan fingerprint density at radius 3 is 2.74 bits per heavy atom. The maximum atomic E-state index is 12.3. The highest BCUT2D eigenvalue weighted by Gasteiger charge is 2.32. The van der Waals surface area contributed by atoms with Gasteiger partial charge in [-0.1, -0.05) is 0 Å². The minimum atomic E-state index is -0.870. The molecule has 1 unspecified atom stereocenters. The van der Waals surface area contributed by atoms with Crippen molar-refractivity contribution >= 4 is 11.9 Å². The van der Waals surface area contributed by atoms with Gasteiger partial charge in [-0.25, -0.2) is 4.79 Å².